The van der Waals surface area contributed by atoms with Crippen molar-refractivity contribution in [3.63, 3.8) is 0 Å². The normalized spacial score (nSPS) is 25.6. The predicted octanol–water partition coefficient (Wildman–Crippen LogP) is 2.74. The molecule has 4 heteroatoms. The standard InChI is InChI=1S/C16H31N3O/c1-13(2)11-15-12-17-9-6-10-19(15)16(20)18-14-7-4-3-5-8-14/h13-15,17H,3-12H2,1-2H3,(H,18,20). The van der Waals surface area contributed by atoms with Crippen LogP contribution in [0, 0.1) is 5.92 Å². The number of urea groups is 1. The Morgan fingerprint density at radius 2 is 2.00 bits per heavy atom. The van der Waals surface area contributed by atoms with E-state index in [2.05, 4.69) is 29.4 Å². The van der Waals surface area contributed by atoms with Gasteiger partial charge in [0, 0.05) is 25.2 Å². The number of carbonyl (C=O) groups excluding carboxylic acids is 1. The Balaban J connectivity index is 1.92. The molecule has 20 heavy (non-hydrogen) atoms. The fourth-order valence-corrected chi connectivity index (χ4v) is 3.46. The van der Waals surface area contributed by atoms with Crippen LogP contribution in [0.25, 0.3) is 0 Å². The molecule has 1 saturated carbocycles. The highest BCUT2D eigenvalue weighted by atomic mass is 16.2. The number of nitrogens with one attached hydrogen (secondary N) is 2. The molecular formula is C16H31N3O. The second-order valence-corrected chi connectivity index (χ2v) is 6.82. The van der Waals surface area contributed by atoms with Crippen molar-refractivity contribution >= 4 is 6.03 Å². The molecule has 0 aromatic carbocycles. The van der Waals surface area contributed by atoms with E-state index < -0.39 is 0 Å². The van der Waals surface area contributed by atoms with E-state index in [-0.39, 0.29) is 6.03 Å². The van der Waals surface area contributed by atoms with Crippen molar-refractivity contribution in [2.24, 2.45) is 5.92 Å². The van der Waals surface area contributed by atoms with E-state index >= 15 is 0 Å². The van der Waals surface area contributed by atoms with Crippen molar-refractivity contribution in [2.75, 3.05) is 19.6 Å². The number of nitrogens with zero attached hydrogens (tertiary/aromatic N) is 1. The van der Waals surface area contributed by atoms with Crippen molar-refractivity contribution in [1.29, 1.82) is 0 Å². The monoisotopic (exact) mass is 281 g/mol. The Bertz CT molecular complexity index is 300. The SMILES string of the molecule is CC(C)CC1CNCCCN1C(=O)NC1CCCCC1. The first-order chi connectivity index (χ1) is 9.66. The lowest BCUT2D eigenvalue weighted by atomic mass is 9.95. The summed E-state index contributed by atoms with van der Waals surface area (Å²) >= 11 is 0. The molecule has 0 bridgehead atoms. The largest absolute Gasteiger partial charge is 0.335 e. The first kappa shape index (κ1) is 15.6. The molecule has 1 aliphatic heterocycles. The van der Waals surface area contributed by atoms with Gasteiger partial charge in [-0.2, -0.15) is 0 Å². The van der Waals surface area contributed by atoms with Crippen LogP contribution in [0.3, 0.4) is 0 Å². The summed E-state index contributed by atoms with van der Waals surface area (Å²) in [7, 11) is 0. The van der Waals surface area contributed by atoms with Gasteiger partial charge in [-0.25, -0.2) is 4.79 Å². The third-order valence-electron chi connectivity index (χ3n) is 4.51. The lowest BCUT2D eigenvalue weighted by molar-refractivity contribution is 0.163. The van der Waals surface area contributed by atoms with Gasteiger partial charge in [0.1, 0.15) is 0 Å². The molecule has 1 unspecified atom stereocenters. The van der Waals surface area contributed by atoms with Crippen LogP contribution in [0.1, 0.15) is 58.8 Å². The van der Waals surface area contributed by atoms with Gasteiger partial charge in [0.25, 0.3) is 0 Å². The topological polar surface area (TPSA) is 44.4 Å². The summed E-state index contributed by atoms with van der Waals surface area (Å²) in [5, 5.41) is 6.75. The smallest absolute Gasteiger partial charge is 0.317 e. The van der Waals surface area contributed by atoms with Gasteiger partial charge in [-0.1, -0.05) is 33.1 Å². The van der Waals surface area contributed by atoms with Crippen LogP contribution in [-0.2, 0) is 0 Å². The summed E-state index contributed by atoms with van der Waals surface area (Å²) in [6.45, 7) is 7.34. The third kappa shape index (κ3) is 4.65. The zero-order valence-electron chi connectivity index (χ0n) is 13.2. The first-order valence-electron chi connectivity index (χ1n) is 8.44. The molecule has 116 valence electrons. The molecule has 0 spiro atoms. The Morgan fingerprint density at radius 3 is 2.70 bits per heavy atom. The second kappa shape index (κ2) is 7.87. The van der Waals surface area contributed by atoms with E-state index in [1.807, 2.05) is 0 Å². The maximum atomic E-state index is 12.6. The first-order valence-corrected chi connectivity index (χ1v) is 8.44. The van der Waals surface area contributed by atoms with Gasteiger partial charge in [-0.3, -0.25) is 0 Å². The summed E-state index contributed by atoms with van der Waals surface area (Å²) in [6, 6.07) is 0.930. The Hall–Kier alpha value is -0.770. The van der Waals surface area contributed by atoms with Gasteiger partial charge >= 0.3 is 6.03 Å². The molecule has 1 heterocycles. The minimum Gasteiger partial charge on any atom is -0.335 e. The van der Waals surface area contributed by atoms with Crippen LogP contribution in [0.5, 0.6) is 0 Å². The number of carbonyl (C=O) groups is 1. The molecule has 4 nitrogen and oxygen atoms in total. The lowest BCUT2D eigenvalue weighted by Gasteiger charge is -2.33. The lowest BCUT2D eigenvalue weighted by Crippen LogP contribution is -2.51. The van der Waals surface area contributed by atoms with Crippen molar-refractivity contribution in [2.45, 2.75) is 70.9 Å². The van der Waals surface area contributed by atoms with Crippen molar-refractivity contribution < 1.29 is 4.79 Å². The zero-order valence-corrected chi connectivity index (χ0v) is 13.2. The summed E-state index contributed by atoms with van der Waals surface area (Å²) in [6.07, 6.45) is 8.33. The molecule has 0 aromatic heterocycles. The average Bonchev–Trinajstić information content (AvgIpc) is 2.64. The summed E-state index contributed by atoms with van der Waals surface area (Å²) in [5.41, 5.74) is 0. The fraction of sp³-hybridized carbons (Fsp3) is 0.938. The van der Waals surface area contributed by atoms with Crippen LogP contribution in [0.4, 0.5) is 4.79 Å². The highest BCUT2D eigenvalue weighted by Crippen LogP contribution is 2.19. The highest BCUT2D eigenvalue weighted by molar-refractivity contribution is 5.75. The van der Waals surface area contributed by atoms with Crippen LogP contribution in [-0.4, -0.2) is 42.6 Å². The van der Waals surface area contributed by atoms with Crippen molar-refractivity contribution in [3.05, 3.63) is 0 Å². The second-order valence-electron chi connectivity index (χ2n) is 6.82. The van der Waals surface area contributed by atoms with E-state index in [9.17, 15) is 4.79 Å². The van der Waals surface area contributed by atoms with Crippen LogP contribution < -0.4 is 10.6 Å². The van der Waals surface area contributed by atoms with Gasteiger partial charge in [-0.15, -0.1) is 0 Å². The predicted molar refractivity (Wildman–Crippen MR) is 82.8 cm³/mol. The molecule has 1 atom stereocenters. The Kier molecular flexibility index (Phi) is 6.14. The molecule has 1 aliphatic carbocycles. The molecule has 2 rings (SSSR count). The van der Waals surface area contributed by atoms with Crippen LogP contribution >= 0.6 is 0 Å². The fourth-order valence-electron chi connectivity index (χ4n) is 3.46. The van der Waals surface area contributed by atoms with Gasteiger partial charge in [-0.05, 0) is 38.1 Å². The van der Waals surface area contributed by atoms with E-state index in [1.165, 1.54) is 19.3 Å². The summed E-state index contributed by atoms with van der Waals surface area (Å²) in [5.74, 6) is 0.630. The third-order valence-corrected chi connectivity index (χ3v) is 4.51. The quantitative estimate of drug-likeness (QED) is 0.835. The molecule has 2 aliphatic rings. The average molecular weight is 281 g/mol. The highest BCUT2D eigenvalue weighted by Gasteiger charge is 2.27. The van der Waals surface area contributed by atoms with E-state index in [1.54, 1.807) is 0 Å². The van der Waals surface area contributed by atoms with Crippen LogP contribution in [0.15, 0.2) is 0 Å². The number of amides is 2. The number of hydrogen-bond acceptors (Lipinski definition) is 2. The van der Waals surface area contributed by atoms with Gasteiger partial charge in [0.05, 0.1) is 0 Å². The molecule has 0 aromatic rings. The molecule has 1 saturated heterocycles. The van der Waals surface area contributed by atoms with Crippen LogP contribution in [0.2, 0.25) is 0 Å². The Morgan fingerprint density at radius 1 is 1.25 bits per heavy atom. The summed E-state index contributed by atoms with van der Waals surface area (Å²) in [4.78, 5) is 14.7. The zero-order chi connectivity index (χ0) is 14.4. The van der Waals surface area contributed by atoms with Crippen molar-refractivity contribution in [1.82, 2.24) is 15.5 Å². The van der Waals surface area contributed by atoms with E-state index in [0.29, 0.717) is 18.0 Å². The number of hydrogen-bond donors (Lipinski definition) is 2. The van der Waals surface area contributed by atoms with Gasteiger partial charge in [0.15, 0.2) is 0 Å². The maximum Gasteiger partial charge on any atom is 0.317 e. The van der Waals surface area contributed by atoms with Gasteiger partial charge in [0.2, 0.25) is 0 Å². The Labute approximate surface area is 123 Å². The molecule has 0 radical (unpaired) electrons. The number of rotatable bonds is 3. The molecule has 2 fully saturated rings. The van der Waals surface area contributed by atoms with Gasteiger partial charge < -0.3 is 15.5 Å². The summed E-state index contributed by atoms with van der Waals surface area (Å²) < 4.78 is 0. The van der Waals surface area contributed by atoms with E-state index in [0.717, 1.165) is 45.3 Å². The maximum absolute atomic E-state index is 12.6. The van der Waals surface area contributed by atoms with Crippen molar-refractivity contribution in [3.8, 4) is 0 Å². The molecule has 2 amide bonds. The van der Waals surface area contributed by atoms with E-state index in [4.69, 9.17) is 0 Å². The molecule has 2 N–H and O–H groups in total. The minimum atomic E-state index is 0.172. The minimum absolute atomic E-state index is 0.172. The molecular weight excluding hydrogens is 250 g/mol.